The number of allylic oxidation sites excluding steroid dienone is 1. The summed E-state index contributed by atoms with van der Waals surface area (Å²) in [5.41, 5.74) is 5.85. The quantitative estimate of drug-likeness (QED) is 0.683. The third-order valence-corrected chi connectivity index (χ3v) is 3.05. The van der Waals surface area contributed by atoms with Crippen LogP contribution < -0.4 is 0 Å². The summed E-state index contributed by atoms with van der Waals surface area (Å²) in [4.78, 5) is 0. The van der Waals surface area contributed by atoms with Crippen molar-refractivity contribution < 1.29 is 4.74 Å². The van der Waals surface area contributed by atoms with Crippen LogP contribution in [0.1, 0.15) is 30.0 Å². The number of hydrogen-bond acceptors (Lipinski definition) is 1. The van der Waals surface area contributed by atoms with Crippen LogP contribution in [-0.2, 0) is 11.2 Å². The van der Waals surface area contributed by atoms with Crippen LogP contribution in [0.2, 0.25) is 0 Å². The van der Waals surface area contributed by atoms with Crippen molar-refractivity contribution in [3.05, 3.63) is 41.0 Å². The van der Waals surface area contributed by atoms with E-state index in [9.17, 15) is 0 Å². The number of ether oxygens (including phenoxy) is 1. The monoisotopic (exact) mass is 202 g/mol. The highest BCUT2D eigenvalue weighted by Gasteiger charge is 2.16. The minimum Gasteiger partial charge on any atom is -0.378 e. The van der Waals surface area contributed by atoms with Gasteiger partial charge in [0.2, 0.25) is 0 Å². The topological polar surface area (TPSA) is 9.23 Å². The molecule has 80 valence electrons. The van der Waals surface area contributed by atoms with Crippen molar-refractivity contribution in [2.24, 2.45) is 0 Å². The van der Waals surface area contributed by atoms with Crippen LogP contribution in [0, 0.1) is 6.92 Å². The van der Waals surface area contributed by atoms with Crippen molar-refractivity contribution in [2.45, 2.75) is 26.7 Å². The summed E-state index contributed by atoms with van der Waals surface area (Å²) < 4.78 is 5.36. The molecule has 0 saturated heterocycles. The van der Waals surface area contributed by atoms with Gasteiger partial charge in [0, 0.05) is 6.61 Å². The van der Waals surface area contributed by atoms with E-state index in [4.69, 9.17) is 4.74 Å². The van der Waals surface area contributed by atoms with Crippen molar-refractivity contribution in [3.8, 4) is 0 Å². The molecule has 0 unspecified atom stereocenters. The summed E-state index contributed by atoms with van der Waals surface area (Å²) in [5, 5.41) is 0. The summed E-state index contributed by atoms with van der Waals surface area (Å²) >= 11 is 0. The van der Waals surface area contributed by atoms with Crippen LogP contribution in [0.15, 0.2) is 24.3 Å². The largest absolute Gasteiger partial charge is 0.378 e. The fourth-order valence-corrected chi connectivity index (χ4v) is 2.22. The Morgan fingerprint density at radius 3 is 3.00 bits per heavy atom. The van der Waals surface area contributed by atoms with Crippen molar-refractivity contribution >= 4 is 5.57 Å². The van der Waals surface area contributed by atoms with E-state index in [2.05, 4.69) is 31.2 Å². The summed E-state index contributed by atoms with van der Waals surface area (Å²) in [5.74, 6) is 0. The van der Waals surface area contributed by atoms with Gasteiger partial charge >= 0.3 is 0 Å². The lowest BCUT2D eigenvalue weighted by Gasteiger charge is -2.03. The molecule has 1 aliphatic carbocycles. The van der Waals surface area contributed by atoms with Crippen molar-refractivity contribution in [1.29, 1.82) is 0 Å². The Balaban J connectivity index is 2.21. The highest BCUT2D eigenvalue weighted by atomic mass is 16.5. The van der Waals surface area contributed by atoms with Gasteiger partial charge in [0.15, 0.2) is 0 Å². The van der Waals surface area contributed by atoms with Crippen LogP contribution in [0.25, 0.3) is 5.57 Å². The maximum Gasteiger partial charge on any atom is 0.0653 e. The number of rotatable bonds is 3. The first-order chi connectivity index (χ1) is 7.33. The average Bonchev–Trinajstić information content (AvgIpc) is 2.64. The summed E-state index contributed by atoms with van der Waals surface area (Å²) in [6.45, 7) is 5.78. The number of fused-ring (bicyclic) bond motifs is 1. The second-order valence-corrected chi connectivity index (χ2v) is 3.99. The van der Waals surface area contributed by atoms with Gasteiger partial charge in [-0.25, -0.2) is 0 Å². The first kappa shape index (κ1) is 10.4. The van der Waals surface area contributed by atoms with Gasteiger partial charge in [-0.2, -0.15) is 0 Å². The lowest BCUT2D eigenvalue weighted by molar-refractivity contribution is 0.178. The van der Waals surface area contributed by atoms with Gasteiger partial charge < -0.3 is 4.74 Å². The predicted octanol–water partition coefficient (Wildman–Crippen LogP) is 3.36. The van der Waals surface area contributed by atoms with E-state index < -0.39 is 0 Å². The van der Waals surface area contributed by atoms with Gasteiger partial charge in [0.25, 0.3) is 0 Å². The number of hydrogen-bond donors (Lipinski definition) is 0. The standard InChI is InChI=1S/C14H18O/c1-3-15-10-9-12-7-8-13-11(2)5-4-6-14(12)13/h4-6,9H,3,7-8,10H2,1-2H3/b12-9+. The van der Waals surface area contributed by atoms with E-state index >= 15 is 0 Å². The number of benzene rings is 1. The van der Waals surface area contributed by atoms with E-state index in [1.165, 1.54) is 35.1 Å². The molecule has 0 fully saturated rings. The Hall–Kier alpha value is -1.08. The molecule has 0 spiro atoms. The van der Waals surface area contributed by atoms with Crippen molar-refractivity contribution in [3.63, 3.8) is 0 Å². The van der Waals surface area contributed by atoms with E-state index in [0.717, 1.165) is 13.2 Å². The second-order valence-electron chi connectivity index (χ2n) is 3.99. The summed E-state index contributed by atoms with van der Waals surface area (Å²) in [7, 11) is 0. The molecule has 0 atom stereocenters. The zero-order valence-corrected chi connectivity index (χ0v) is 9.55. The predicted molar refractivity (Wildman–Crippen MR) is 64.0 cm³/mol. The lowest BCUT2D eigenvalue weighted by Crippen LogP contribution is -1.90. The SMILES string of the molecule is CCOC/C=C1\CCc2c(C)cccc21. The Kier molecular flexibility index (Phi) is 3.22. The molecule has 1 heteroatoms. The van der Waals surface area contributed by atoms with Gasteiger partial charge in [-0.15, -0.1) is 0 Å². The molecule has 1 aromatic rings. The maximum atomic E-state index is 5.36. The lowest BCUT2D eigenvalue weighted by atomic mass is 10.0. The van der Waals surface area contributed by atoms with Crippen molar-refractivity contribution in [1.82, 2.24) is 0 Å². The maximum absolute atomic E-state index is 5.36. The minimum atomic E-state index is 0.749. The third kappa shape index (κ3) is 2.13. The van der Waals surface area contributed by atoms with Crippen LogP contribution in [0.3, 0.4) is 0 Å². The smallest absolute Gasteiger partial charge is 0.0653 e. The van der Waals surface area contributed by atoms with Crippen LogP contribution in [-0.4, -0.2) is 13.2 Å². The molecular formula is C14H18O. The van der Waals surface area contributed by atoms with Gasteiger partial charge in [0.05, 0.1) is 6.61 Å². The zero-order chi connectivity index (χ0) is 10.7. The molecule has 0 bridgehead atoms. The Morgan fingerprint density at radius 2 is 2.20 bits per heavy atom. The summed E-state index contributed by atoms with van der Waals surface area (Å²) in [6, 6.07) is 6.57. The zero-order valence-electron chi connectivity index (χ0n) is 9.55. The molecule has 0 aromatic heterocycles. The van der Waals surface area contributed by atoms with E-state index in [1.807, 2.05) is 6.92 Å². The van der Waals surface area contributed by atoms with Crippen LogP contribution in [0.4, 0.5) is 0 Å². The van der Waals surface area contributed by atoms with Crippen molar-refractivity contribution in [2.75, 3.05) is 13.2 Å². The molecule has 0 heterocycles. The third-order valence-electron chi connectivity index (χ3n) is 3.05. The molecular weight excluding hydrogens is 184 g/mol. The number of aryl methyl sites for hydroxylation is 1. The Labute approximate surface area is 91.8 Å². The molecule has 1 aromatic carbocycles. The molecule has 1 nitrogen and oxygen atoms in total. The fraction of sp³-hybridized carbons (Fsp3) is 0.429. The fourth-order valence-electron chi connectivity index (χ4n) is 2.22. The van der Waals surface area contributed by atoms with Gasteiger partial charge in [-0.3, -0.25) is 0 Å². The first-order valence-electron chi connectivity index (χ1n) is 5.68. The second kappa shape index (κ2) is 4.63. The molecule has 1 aliphatic rings. The molecule has 0 saturated carbocycles. The Morgan fingerprint density at radius 1 is 1.33 bits per heavy atom. The van der Waals surface area contributed by atoms with Gasteiger partial charge in [-0.1, -0.05) is 24.3 Å². The van der Waals surface area contributed by atoms with E-state index in [1.54, 1.807) is 0 Å². The molecule has 2 rings (SSSR count). The molecule has 15 heavy (non-hydrogen) atoms. The highest BCUT2D eigenvalue weighted by Crippen LogP contribution is 2.33. The van der Waals surface area contributed by atoms with Gasteiger partial charge in [0.1, 0.15) is 0 Å². The molecule has 0 amide bonds. The molecule has 0 N–H and O–H groups in total. The molecule has 0 radical (unpaired) electrons. The average molecular weight is 202 g/mol. The van der Waals surface area contributed by atoms with E-state index in [-0.39, 0.29) is 0 Å². The van der Waals surface area contributed by atoms with E-state index in [0.29, 0.717) is 0 Å². The van der Waals surface area contributed by atoms with Gasteiger partial charge in [-0.05, 0) is 49.0 Å². The Bertz CT molecular complexity index is 377. The van der Waals surface area contributed by atoms with Crippen LogP contribution in [0.5, 0.6) is 0 Å². The van der Waals surface area contributed by atoms with Crippen LogP contribution >= 0.6 is 0 Å². The summed E-state index contributed by atoms with van der Waals surface area (Å²) in [6.07, 6.45) is 4.60. The highest BCUT2D eigenvalue weighted by molar-refractivity contribution is 5.73. The minimum absolute atomic E-state index is 0.749. The molecule has 0 aliphatic heterocycles. The first-order valence-corrected chi connectivity index (χ1v) is 5.68. The normalized spacial score (nSPS) is 17.1.